The van der Waals surface area contributed by atoms with Crippen LogP contribution in [0, 0.1) is 17.0 Å². The fraction of sp³-hybridized carbons (Fsp3) is 0.200. The first-order valence-electron chi connectivity index (χ1n) is 4.23. The zero-order chi connectivity index (χ0) is 11.6. The molecule has 0 aliphatic rings. The van der Waals surface area contributed by atoms with Gasteiger partial charge in [-0.1, -0.05) is 6.07 Å². The first-order chi connectivity index (χ1) is 6.99. The molecule has 78 valence electrons. The first kappa shape index (κ1) is 11.0. The van der Waals surface area contributed by atoms with Gasteiger partial charge < -0.3 is 0 Å². The maximum Gasteiger partial charge on any atom is 0.290 e. The summed E-state index contributed by atoms with van der Waals surface area (Å²) < 4.78 is 0. The molecule has 1 rings (SSSR count). The number of nitrogens with zero attached hydrogens (tertiary/aromatic N) is 1. The summed E-state index contributed by atoms with van der Waals surface area (Å²) in [5.41, 5.74) is 0.0135. The lowest BCUT2D eigenvalue weighted by Crippen LogP contribution is -2.05. The third kappa shape index (κ3) is 1.90. The molecule has 0 saturated carbocycles. The van der Waals surface area contributed by atoms with Crippen molar-refractivity contribution >= 4 is 17.8 Å². The van der Waals surface area contributed by atoms with Gasteiger partial charge in [0.2, 0.25) is 0 Å². The number of rotatable bonds is 3. The van der Waals surface area contributed by atoms with E-state index in [0.29, 0.717) is 11.8 Å². The second kappa shape index (κ2) is 4.00. The molecule has 0 unspecified atom stereocenters. The van der Waals surface area contributed by atoms with Crippen molar-refractivity contribution in [2.75, 3.05) is 0 Å². The van der Waals surface area contributed by atoms with Gasteiger partial charge in [-0.2, -0.15) is 0 Å². The zero-order valence-corrected chi connectivity index (χ0v) is 8.31. The van der Waals surface area contributed by atoms with Crippen LogP contribution in [0.5, 0.6) is 0 Å². The Kier molecular flexibility index (Phi) is 2.94. The standard InChI is InChI=1S/C10H9NO4/c1-6-3-4-8(7(2)13)10(11(14)15)9(6)5-12/h3-5H,1-2H3. The van der Waals surface area contributed by atoms with Crippen LogP contribution in [0.2, 0.25) is 0 Å². The predicted octanol–water partition coefficient (Wildman–Crippen LogP) is 1.92. The second-order valence-corrected chi connectivity index (χ2v) is 3.12. The van der Waals surface area contributed by atoms with Crippen LogP contribution in [0.25, 0.3) is 0 Å². The van der Waals surface area contributed by atoms with Crippen molar-refractivity contribution in [3.05, 3.63) is 38.9 Å². The molecule has 0 amide bonds. The van der Waals surface area contributed by atoms with Crippen LogP contribution in [-0.2, 0) is 0 Å². The lowest BCUT2D eigenvalue weighted by Gasteiger charge is -2.03. The van der Waals surface area contributed by atoms with Gasteiger partial charge in [0.05, 0.1) is 16.1 Å². The lowest BCUT2D eigenvalue weighted by atomic mass is 10.0. The van der Waals surface area contributed by atoms with E-state index in [9.17, 15) is 19.7 Å². The van der Waals surface area contributed by atoms with E-state index in [1.807, 2.05) is 0 Å². The lowest BCUT2D eigenvalue weighted by molar-refractivity contribution is -0.385. The summed E-state index contributed by atoms with van der Waals surface area (Å²) in [5, 5.41) is 10.8. The van der Waals surface area contributed by atoms with Gasteiger partial charge in [-0.05, 0) is 25.5 Å². The van der Waals surface area contributed by atoms with E-state index in [2.05, 4.69) is 0 Å². The summed E-state index contributed by atoms with van der Waals surface area (Å²) in [6, 6.07) is 2.89. The SMILES string of the molecule is CC(=O)c1ccc(C)c(C=O)c1[N+](=O)[O-]. The zero-order valence-electron chi connectivity index (χ0n) is 8.31. The van der Waals surface area contributed by atoms with Crippen molar-refractivity contribution < 1.29 is 14.5 Å². The Morgan fingerprint density at radius 1 is 1.47 bits per heavy atom. The summed E-state index contributed by atoms with van der Waals surface area (Å²) in [4.78, 5) is 31.9. The number of carbonyl (C=O) groups is 2. The molecular formula is C10H9NO4. The highest BCUT2D eigenvalue weighted by atomic mass is 16.6. The summed E-state index contributed by atoms with van der Waals surface area (Å²) in [6.45, 7) is 2.81. The van der Waals surface area contributed by atoms with Crippen molar-refractivity contribution in [3.63, 3.8) is 0 Å². The smallest absolute Gasteiger partial charge is 0.290 e. The summed E-state index contributed by atoms with van der Waals surface area (Å²) in [5.74, 6) is -0.426. The highest BCUT2D eigenvalue weighted by molar-refractivity contribution is 6.01. The van der Waals surface area contributed by atoms with Gasteiger partial charge >= 0.3 is 0 Å². The minimum atomic E-state index is -0.701. The van der Waals surface area contributed by atoms with E-state index >= 15 is 0 Å². The van der Waals surface area contributed by atoms with Crippen LogP contribution < -0.4 is 0 Å². The van der Waals surface area contributed by atoms with E-state index in [1.165, 1.54) is 19.1 Å². The van der Waals surface area contributed by atoms with Crippen LogP contribution in [0.4, 0.5) is 5.69 Å². The van der Waals surface area contributed by atoms with Crippen molar-refractivity contribution in [1.82, 2.24) is 0 Å². The number of nitro groups is 1. The molecule has 1 aromatic carbocycles. The molecule has 1 aromatic rings. The minimum Gasteiger partial charge on any atom is -0.298 e. The molecule has 5 nitrogen and oxygen atoms in total. The molecule has 0 N–H and O–H groups in total. The molecule has 0 atom stereocenters. The number of hydrogen-bond donors (Lipinski definition) is 0. The van der Waals surface area contributed by atoms with Crippen molar-refractivity contribution in [2.45, 2.75) is 13.8 Å². The van der Waals surface area contributed by atoms with E-state index in [4.69, 9.17) is 0 Å². The number of aldehydes is 1. The first-order valence-corrected chi connectivity index (χ1v) is 4.23. The van der Waals surface area contributed by atoms with Gasteiger partial charge in [0, 0.05) is 0 Å². The third-order valence-corrected chi connectivity index (χ3v) is 2.11. The molecule has 0 saturated heterocycles. The number of aryl methyl sites for hydroxylation is 1. The van der Waals surface area contributed by atoms with Gasteiger partial charge in [0.1, 0.15) is 0 Å². The van der Waals surface area contributed by atoms with E-state index in [1.54, 1.807) is 6.92 Å². The van der Waals surface area contributed by atoms with Gasteiger partial charge in [-0.3, -0.25) is 19.7 Å². The summed E-state index contributed by atoms with van der Waals surface area (Å²) in [6.07, 6.45) is 0.403. The number of hydrogen-bond acceptors (Lipinski definition) is 4. The Bertz CT molecular complexity index is 451. The molecule has 5 heteroatoms. The Morgan fingerprint density at radius 2 is 2.07 bits per heavy atom. The molecule has 15 heavy (non-hydrogen) atoms. The van der Waals surface area contributed by atoms with E-state index in [0.717, 1.165) is 0 Å². The van der Waals surface area contributed by atoms with Crippen molar-refractivity contribution in [2.24, 2.45) is 0 Å². The van der Waals surface area contributed by atoms with Crippen LogP contribution in [0.15, 0.2) is 12.1 Å². The molecule has 0 aliphatic carbocycles. The maximum absolute atomic E-state index is 11.1. The molecule has 0 bridgehead atoms. The van der Waals surface area contributed by atoms with Gasteiger partial charge in [0.25, 0.3) is 5.69 Å². The summed E-state index contributed by atoms with van der Waals surface area (Å²) in [7, 11) is 0. The molecule has 0 aromatic heterocycles. The van der Waals surface area contributed by atoms with E-state index in [-0.39, 0.29) is 11.1 Å². The molecular weight excluding hydrogens is 198 g/mol. The second-order valence-electron chi connectivity index (χ2n) is 3.12. The number of nitro benzene ring substituents is 1. The predicted molar refractivity (Wildman–Crippen MR) is 53.2 cm³/mol. The highest BCUT2D eigenvalue weighted by Crippen LogP contribution is 2.25. The molecule has 0 fully saturated rings. The van der Waals surface area contributed by atoms with Crippen molar-refractivity contribution in [1.29, 1.82) is 0 Å². The number of Topliss-reactive ketones (excluding diaryl/α,β-unsaturated/α-hetero) is 1. The fourth-order valence-corrected chi connectivity index (χ4v) is 1.34. The summed E-state index contributed by atoms with van der Waals surface area (Å²) >= 11 is 0. The topological polar surface area (TPSA) is 77.3 Å². The minimum absolute atomic E-state index is 0.0345. The monoisotopic (exact) mass is 207 g/mol. The van der Waals surface area contributed by atoms with Crippen LogP contribution in [-0.4, -0.2) is 17.0 Å². The number of ketones is 1. The molecule has 0 aliphatic heterocycles. The average Bonchev–Trinajstić information content (AvgIpc) is 2.16. The molecule has 0 radical (unpaired) electrons. The Morgan fingerprint density at radius 3 is 2.47 bits per heavy atom. The fourth-order valence-electron chi connectivity index (χ4n) is 1.34. The van der Waals surface area contributed by atoms with Gasteiger partial charge in [0.15, 0.2) is 12.1 Å². The van der Waals surface area contributed by atoms with Gasteiger partial charge in [-0.15, -0.1) is 0 Å². The Hall–Kier alpha value is -2.04. The van der Waals surface area contributed by atoms with E-state index < -0.39 is 16.4 Å². The molecule has 0 spiro atoms. The van der Waals surface area contributed by atoms with Crippen LogP contribution in [0.1, 0.15) is 33.2 Å². The largest absolute Gasteiger partial charge is 0.298 e. The average molecular weight is 207 g/mol. The highest BCUT2D eigenvalue weighted by Gasteiger charge is 2.23. The van der Waals surface area contributed by atoms with Gasteiger partial charge in [-0.25, -0.2) is 0 Å². The third-order valence-electron chi connectivity index (χ3n) is 2.11. The normalized spacial score (nSPS) is 9.73. The van der Waals surface area contributed by atoms with Crippen LogP contribution >= 0.6 is 0 Å². The number of carbonyl (C=O) groups excluding carboxylic acids is 2. The van der Waals surface area contributed by atoms with Crippen LogP contribution in [0.3, 0.4) is 0 Å². The molecule has 0 heterocycles. The van der Waals surface area contributed by atoms with Crippen molar-refractivity contribution in [3.8, 4) is 0 Å². The quantitative estimate of drug-likeness (QED) is 0.328. The maximum atomic E-state index is 11.1. The number of benzene rings is 1. The Balaban J connectivity index is 3.63. The Labute approximate surface area is 85.9 Å².